The molecule has 138 valence electrons. The zero-order valence-electron chi connectivity index (χ0n) is 14.4. The zero-order valence-corrected chi connectivity index (χ0v) is 16.0. The van der Waals surface area contributed by atoms with Crippen molar-refractivity contribution in [2.45, 2.75) is 11.8 Å². The largest absolute Gasteiger partial charge is 0.321 e. The molecule has 0 saturated carbocycles. The summed E-state index contributed by atoms with van der Waals surface area (Å²) in [5, 5.41) is 3.09. The number of nitrogens with one attached hydrogen (secondary N) is 2. The molecule has 0 aliphatic heterocycles. The fourth-order valence-corrected chi connectivity index (χ4v) is 4.02. The van der Waals surface area contributed by atoms with Crippen LogP contribution in [-0.2, 0) is 10.0 Å². The van der Waals surface area contributed by atoms with Crippen LogP contribution in [0, 0.1) is 6.92 Å². The third kappa shape index (κ3) is 4.48. The van der Waals surface area contributed by atoms with Gasteiger partial charge in [0.15, 0.2) is 0 Å². The first-order valence-corrected chi connectivity index (χ1v) is 9.97. The van der Waals surface area contributed by atoms with E-state index in [9.17, 15) is 13.2 Å². The molecule has 3 rings (SSSR count). The Morgan fingerprint density at radius 2 is 1.59 bits per heavy atom. The molecule has 0 atom stereocenters. The lowest BCUT2D eigenvalue weighted by Gasteiger charge is -2.12. The van der Waals surface area contributed by atoms with Crippen LogP contribution in [0.25, 0.3) is 0 Å². The second-order valence-corrected chi connectivity index (χ2v) is 7.94. The van der Waals surface area contributed by atoms with Gasteiger partial charge in [0.25, 0.3) is 15.9 Å². The normalized spacial score (nSPS) is 11.0. The molecule has 5 nitrogen and oxygen atoms in total. The van der Waals surface area contributed by atoms with Crippen LogP contribution < -0.4 is 10.0 Å². The van der Waals surface area contributed by atoms with Crippen molar-refractivity contribution in [3.8, 4) is 0 Å². The third-order valence-corrected chi connectivity index (χ3v) is 5.74. The van der Waals surface area contributed by atoms with Crippen LogP contribution in [0.1, 0.15) is 15.9 Å². The number of halogens is 1. The summed E-state index contributed by atoms with van der Waals surface area (Å²) in [7, 11) is -3.84. The van der Waals surface area contributed by atoms with Crippen molar-refractivity contribution in [2.24, 2.45) is 0 Å². The minimum atomic E-state index is -3.84. The summed E-state index contributed by atoms with van der Waals surface area (Å²) in [4.78, 5) is 12.6. The SMILES string of the molecule is Cc1ccc(C(=O)Nc2ccccc2Cl)cc1S(=O)(=O)Nc1ccccc1. The highest BCUT2D eigenvalue weighted by Gasteiger charge is 2.19. The van der Waals surface area contributed by atoms with Gasteiger partial charge < -0.3 is 5.32 Å². The van der Waals surface area contributed by atoms with Gasteiger partial charge in [-0.15, -0.1) is 0 Å². The Morgan fingerprint density at radius 3 is 2.30 bits per heavy atom. The first-order chi connectivity index (χ1) is 12.9. The standard InChI is InChI=1S/C20H17ClN2O3S/c1-14-11-12-15(20(24)22-18-10-6-5-9-17(18)21)13-19(14)27(25,26)23-16-7-3-2-4-8-16/h2-13,23H,1H3,(H,22,24). The van der Waals surface area contributed by atoms with Gasteiger partial charge in [-0.25, -0.2) is 8.42 Å². The third-order valence-electron chi connectivity index (χ3n) is 3.89. The number of carbonyl (C=O) groups excluding carboxylic acids is 1. The zero-order chi connectivity index (χ0) is 19.4. The lowest BCUT2D eigenvalue weighted by Crippen LogP contribution is -2.17. The average molecular weight is 401 g/mol. The van der Waals surface area contributed by atoms with Crippen molar-refractivity contribution in [1.82, 2.24) is 0 Å². The van der Waals surface area contributed by atoms with Gasteiger partial charge in [-0.2, -0.15) is 0 Å². The number of para-hydroxylation sites is 2. The fourth-order valence-electron chi connectivity index (χ4n) is 2.50. The number of hydrogen-bond donors (Lipinski definition) is 2. The molecule has 3 aromatic carbocycles. The maximum atomic E-state index is 12.7. The maximum Gasteiger partial charge on any atom is 0.262 e. The summed E-state index contributed by atoms with van der Waals surface area (Å²) >= 11 is 6.05. The first-order valence-electron chi connectivity index (χ1n) is 8.11. The lowest BCUT2D eigenvalue weighted by molar-refractivity contribution is 0.102. The van der Waals surface area contributed by atoms with Crippen LogP contribution >= 0.6 is 11.6 Å². The van der Waals surface area contributed by atoms with Gasteiger partial charge in [-0.05, 0) is 48.9 Å². The smallest absolute Gasteiger partial charge is 0.262 e. The van der Waals surface area contributed by atoms with Gasteiger partial charge in [0, 0.05) is 11.3 Å². The second-order valence-electron chi connectivity index (χ2n) is 5.89. The molecule has 0 saturated heterocycles. The number of sulfonamides is 1. The van der Waals surface area contributed by atoms with E-state index in [0.29, 0.717) is 22.0 Å². The number of rotatable bonds is 5. The van der Waals surface area contributed by atoms with Crippen molar-refractivity contribution in [2.75, 3.05) is 10.0 Å². The number of benzene rings is 3. The van der Waals surface area contributed by atoms with E-state index in [1.165, 1.54) is 6.07 Å². The van der Waals surface area contributed by atoms with E-state index in [2.05, 4.69) is 10.0 Å². The average Bonchev–Trinajstić information content (AvgIpc) is 2.64. The minimum absolute atomic E-state index is 0.0400. The molecular formula is C20H17ClN2O3S. The maximum absolute atomic E-state index is 12.7. The Kier molecular flexibility index (Phi) is 5.48. The topological polar surface area (TPSA) is 75.3 Å². The number of carbonyl (C=O) groups is 1. The molecule has 7 heteroatoms. The van der Waals surface area contributed by atoms with Crippen molar-refractivity contribution in [1.29, 1.82) is 0 Å². The van der Waals surface area contributed by atoms with Gasteiger partial charge in [0.05, 0.1) is 15.6 Å². The number of aryl methyl sites for hydroxylation is 1. The van der Waals surface area contributed by atoms with Crippen molar-refractivity contribution in [3.05, 3.63) is 88.9 Å². The van der Waals surface area contributed by atoms with Crippen molar-refractivity contribution >= 4 is 38.9 Å². The predicted molar refractivity (Wildman–Crippen MR) is 108 cm³/mol. The summed E-state index contributed by atoms with van der Waals surface area (Å²) in [5.41, 5.74) is 1.65. The molecular weight excluding hydrogens is 384 g/mol. The van der Waals surface area contributed by atoms with Gasteiger partial charge in [0.2, 0.25) is 0 Å². The lowest BCUT2D eigenvalue weighted by atomic mass is 10.1. The Hall–Kier alpha value is -2.83. The Labute approximate surface area is 163 Å². The number of amides is 1. The van der Waals surface area contributed by atoms with Gasteiger partial charge in [0.1, 0.15) is 0 Å². The van der Waals surface area contributed by atoms with E-state index in [1.807, 2.05) is 0 Å². The molecule has 0 unspecified atom stereocenters. The highest BCUT2D eigenvalue weighted by molar-refractivity contribution is 7.92. The predicted octanol–water partition coefficient (Wildman–Crippen LogP) is 4.70. The Bertz CT molecular complexity index is 1080. The van der Waals surface area contributed by atoms with Gasteiger partial charge >= 0.3 is 0 Å². The molecule has 0 fully saturated rings. The molecule has 0 aliphatic carbocycles. The molecule has 0 bridgehead atoms. The quantitative estimate of drug-likeness (QED) is 0.651. The van der Waals surface area contributed by atoms with Crippen LogP contribution in [0.15, 0.2) is 77.7 Å². The Morgan fingerprint density at radius 1 is 0.926 bits per heavy atom. The number of hydrogen-bond acceptors (Lipinski definition) is 3. The molecule has 0 aliphatic rings. The summed E-state index contributed by atoms with van der Waals surface area (Å²) in [6, 6.07) is 19.9. The molecule has 3 aromatic rings. The van der Waals surface area contributed by atoms with E-state index in [1.54, 1.807) is 73.7 Å². The monoisotopic (exact) mass is 400 g/mol. The van der Waals surface area contributed by atoms with Crippen LogP contribution in [0.2, 0.25) is 5.02 Å². The summed E-state index contributed by atoms with van der Waals surface area (Å²) in [5.74, 6) is -0.445. The van der Waals surface area contributed by atoms with Crippen molar-refractivity contribution in [3.63, 3.8) is 0 Å². The van der Waals surface area contributed by atoms with Crippen LogP contribution in [0.3, 0.4) is 0 Å². The van der Waals surface area contributed by atoms with Crippen LogP contribution in [0.4, 0.5) is 11.4 Å². The van der Waals surface area contributed by atoms with Crippen molar-refractivity contribution < 1.29 is 13.2 Å². The van der Waals surface area contributed by atoms with Gasteiger partial charge in [-0.1, -0.05) is 48.0 Å². The summed E-state index contributed by atoms with van der Waals surface area (Å²) in [6.07, 6.45) is 0. The molecule has 1 amide bonds. The van der Waals surface area contributed by atoms with Crippen LogP contribution in [-0.4, -0.2) is 14.3 Å². The first kappa shape index (κ1) is 18.9. The highest BCUT2D eigenvalue weighted by atomic mass is 35.5. The van der Waals surface area contributed by atoms with E-state index in [0.717, 1.165) is 0 Å². The molecule has 0 heterocycles. The van der Waals surface area contributed by atoms with Crippen LogP contribution in [0.5, 0.6) is 0 Å². The van der Waals surface area contributed by atoms with E-state index < -0.39 is 15.9 Å². The molecule has 0 radical (unpaired) electrons. The van der Waals surface area contributed by atoms with Gasteiger partial charge in [-0.3, -0.25) is 9.52 Å². The van der Waals surface area contributed by atoms with E-state index >= 15 is 0 Å². The van der Waals surface area contributed by atoms with E-state index in [-0.39, 0.29) is 10.5 Å². The molecule has 0 aromatic heterocycles. The number of anilines is 2. The summed E-state index contributed by atoms with van der Waals surface area (Å²) < 4.78 is 28.0. The Balaban J connectivity index is 1.90. The fraction of sp³-hybridized carbons (Fsp3) is 0.0500. The molecule has 2 N–H and O–H groups in total. The minimum Gasteiger partial charge on any atom is -0.321 e. The molecule has 0 spiro atoms. The van der Waals surface area contributed by atoms with E-state index in [4.69, 9.17) is 11.6 Å². The second kappa shape index (κ2) is 7.82. The molecule has 27 heavy (non-hydrogen) atoms. The highest BCUT2D eigenvalue weighted by Crippen LogP contribution is 2.24. The summed E-state index contributed by atoms with van der Waals surface area (Å²) in [6.45, 7) is 1.68.